The quantitative estimate of drug-likeness (QED) is 0.570. The highest BCUT2D eigenvalue weighted by Gasteiger charge is 2.76. The molecule has 0 N–H and O–H groups in total. The van der Waals surface area contributed by atoms with Crippen molar-refractivity contribution in [3.63, 3.8) is 0 Å². The first-order valence-corrected chi connectivity index (χ1v) is 9.30. The van der Waals surface area contributed by atoms with E-state index in [2.05, 4.69) is 0 Å². The number of rotatable bonds is 2. The number of allylic oxidation sites excluding steroid dienone is 2. The number of esters is 2. The normalized spacial score (nSPS) is 34.6. The number of hydrogen-bond donors (Lipinski definition) is 0. The molecule has 2 atom stereocenters. The second-order valence-corrected chi connectivity index (χ2v) is 7.62. The molecule has 0 amide bonds. The van der Waals surface area contributed by atoms with Crippen LogP contribution in [0.1, 0.15) is 64.2 Å². The molecule has 2 unspecified atom stereocenters. The van der Waals surface area contributed by atoms with Gasteiger partial charge in [0, 0.05) is 10.8 Å². The summed E-state index contributed by atoms with van der Waals surface area (Å²) in [6, 6.07) is 0. The molecule has 0 bridgehead atoms. The Balaban J connectivity index is 1.94. The Labute approximate surface area is 143 Å². The van der Waals surface area contributed by atoms with Gasteiger partial charge in [0.1, 0.15) is 0 Å². The molecule has 4 heteroatoms. The number of carbonyl (C=O) groups excluding carboxylic acids is 2. The summed E-state index contributed by atoms with van der Waals surface area (Å²) >= 11 is 0. The average molecular weight is 330 g/mol. The van der Waals surface area contributed by atoms with E-state index in [1.165, 1.54) is 51.0 Å². The van der Waals surface area contributed by atoms with Gasteiger partial charge in [-0.2, -0.15) is 0 Å². The SMILES string of the molecule is COC(=O)C1=C(C(=O)OC)C23CCCCCC2=C2CCCCCC213. The average Bonchev–Trinajstić information content (AvgIpc) is 2.93. The van der Waals surface area contributed by atoms with Crippen LogP contribution < -0.4 is 0 Å². The van der Waals surface area contributed by atoms with Gasteiger partial charge in [0.05, 0.1) is 25.4 Å². The van der Waals surface area contributed by atoms with Gasteiger partial charge in [0.2, 0.25) is 0 Å². The third-order valence-electron chi connectivity index (χ3n) is 6.96. The fraction of sp³-hybridized carbons (Fsp3) is 0.700. The van der Waals surface area contributed by atoms with E-state index >= 15 is 0 Å². The molecule has 4 rings (SSSR count). The molecule has 0 heterocycles. The minimum absolute atomic E-state index is 0.222. The maximum Gasteiger partial charge on any atom is 0.335 e. The highest BCUT2D eigenvalue weighted by molar-refractivity contribution is 6.09. The highest BCUT2D eigenvalue weighted by atomic mass is 16.5. The van der Waals surface area contributed by atoms with Crippen LogP contribution in [0, 0.1) is 10.8 Å². The minimum atomic E-state index is -0.330. The Morgan fingerprint density at radius 2 is 1.12 bits per heavy atom. The van der Waals surface area contributed by atoms with Gasteiger partial charge in [-0.3, -0.25) is 0 Å². The van der Waals surface area contributed by atoms with Crippen molar-refractivity contribution in [3.8, 4) is 0 Å². The zero-order valence-electron chi connectivity index (χ0n) is 14.7. The summed E-state index contributed by atoms with van der Waals surface area (Å²) in [5.41, 5.74) is 3.74. The number of hydrogen-bond acceptors (Lipinski definition) is 4. The summed E-state index contributed by atoms with van der Waals surface area (Å²) in [7, 11) is 2.83. The second kappa shape index (κ2) is 5.47. The van der Waals surface area contributed by atoms with Crippen molar-refractivity contribution in [1.29, 1.82) is 0 Å². The van der Waals surface area contributed by atoms with Gasteiger partial charge in [-0.05, 0) is 38.5 Å². The van der Waals surface area contributed by atoms with Gasteiger partial charge in [-0.25, -0.2) is 9.59 Å². The van der Waals surface area contributed by atoms with Gasteiger partial charge in [0.25, 0.3) is 0 Å². The van der Waals surface area contributed by atoms with Crippen LogP contribution in [0.15, 0.2) is 22.3 Å². The maximum absolute atomic E-state index is 12.6. The van der Waals surface area contributed by atoms with Crippen LogP contribution >= 0.6 is 0 Å². The molecular weight excluding hydrogens is 304 g/mol. The summed E-state index contributed by atoms with van der Waals surface area (Å²) in [5, 5.41) is 0. The van der Waals surface area contributed by atoms with E-state index in [0.29, 0.717) is 11.1 Å². The summed E-state index contributed by atoms with van der Waals surface area (Å²) in [5.74, 6) is -0.660. The van der Waals surface area contributed by atoms with E-state index in [0.717, 1.165) is 38.5 Å². The summed E-state index contributed by atoms with van der Waals surface area (Å²) in [4.78, 5) is 25.2. The van der Waals surface area contributed by atoms with Crippen molar-refractivity contribution in [2.75, 3.05) is 14.2 Å². The molecule has 0 aliphatic heterocycles. The Bertz CT molecular complexity index is 615. The van der Waals surface area contributed by atoms with E-state index in [1.807, 2.05) is 0 Å². The van der Waals surface area contributed by atoms with Crippen LogP contribution in [0.25, 0.3) is 0 Å². The molecule has 2 saturated carbocycles. The van der Waals surface area contributed by atoms with Crippen LogP contribution in [0.5, 0.6) is 0 Å². The molecule has 0 radical (unpaired) electrons. The maximum atomic E-state index is 12.6. The monoisotopic (exact) mass is 330 g/mol. The molecule has 0 aromatic carbocycles. The third kappa shape index (κ3) is 1.60. The summed E-state index contributed by atoms with van der Waals surface area (Å²) in [6.07, 6.45) is 11.1. The van der Waals surface area contributed by atoms with E-state index < -0.39 is 0 Å². The predicted octanol–water partition coefficient (Wildman–Crippen LogP) is 3.85. The van der Waals surface area contributed by atoms with E-state index in [9.17, 15) is 9.59 Å². The lowest BCUT2D eigenvalue weighted by atomic mass is 9.31. The molecule has 4 nitrogen and oxygen atoms in total. The van der Waals surface area contributed by atoms with Gasteiger partial charge in [-0.1, -0.05) is 36.8 Å². The van der Waals surface area contributed by atoms with Crippen molar-refractivity contribution in [2.24, 2.45) is 10.8 Å². The fourth-order valence-corrected chi connectivity index (χ4v) is 6.26. The summed E-state index contributed by atoms with van der Waals surface area (Å²) in [6.45, 7) is 0. The fourth-order valence-electron chi connectivity index (χ4n) is 6.26. The Hall–Kier alpha value is -1.58. The van der Waals surface area contributed by atoms with Gasteiger partial charge in [-0.15, -0.1) is 0 Å². The lowest BCUT2D eigenvalue weighted by Crippen LogP contribution is -2.66. The van der Waals surface area contributed by atoms with Gasteiger partial charge < -0.3 is 9.47 Å². The number of ether oxygens (including phenoxy) is 2. The number of methoxy groups -OCH3 is 2. The molecule has 130 valence electrons. The van der Waals surface area contributed by atoms with Crippen LogP contribution in [-0.2, 0) is 19.1 Å². The van der Waals surface area contributed by atoms with E-state index in [1.54, 1.807) is 0 Å². The van der Waals surface area contributed by atoms with Crippen molar-refractivity contribution >= 4 is 11.9 Å². The number of carbonyl (C=O) groups is 2. The lowest BCUT2D eigenvalue weighted by Gasteiger charge is -2.69. The highest BCUT2D eigenvalue weighted by Crippen LogP contribution is 2.81. The minimum Gasteiger partial charge on any atom is -0.466 e. The Morgan fingerprint density at radius 3 is 1.50 bits per heavy atom. The zero-order valence-corrected chi connectivity index (χ0v) is 14.7. The third-order valence-corrected chi connectivity index (χ3v) is 6.96. The van der Waals surface area contributed by atoms with Gasteiger partial charge >= 0.3 is 11.9 Å². The summed E-state index contributed by atoms with van der Waals surface area (Å²) < 4.78 is 10.2. The van der Waals surface area contributed by atoms with E-state index in [4.69, 9.17) is 9.47 Å². The molecule has 2 fully saturated rings. The molecule has 0 aromatic rings. The van der Waals surface area contributed by atoms with Crippen molar-refractivity contribution < 1.29 is 19.1 Å². The molecule has 2 spiro atoms. The standard InChI is InChI=1S/C20H26O4/c1-23-17(21)15-16(18(22)24-2)20-12-8-4-6-10-14(20)13-9-5-3-7-11-19(13,15)20/h3-12H2,1-2H3. The van der Waals surface area contributed by atoms with Crippen LogP contribution in [0.2, 0.25) is 0 Å². The first-order valence-electron chi connectivity index (χ1n) is 9.30. The van der Waals surface area contributed by atoms with Crippen LogP contribution in [0.4, 0.5) is 0 Å². The van der Waals surface area contributed by atoms with E-state index in [-0.39, 0.29) is 22.8 Å². The zero-order chi connectivity index (χ0) is 16.9. The predicted molar refractivity (Wildman–Crippen MR) is 89.1 cm³/mol. The lowest BCUT2D eigenvalue weighted by molar-refractivity contribution is -0.147. The van der Waals surface area contributed by atoms with Crippen molar-refractivity contribution in [3.05, 3.63) is 22.3 Å². The van der Waals surface area contributed by atoms with Crippen molar-refractivity contribution in [2.45, 2.75) is 64.2 Å². The Morgan fingerprint density at radius 1 is 0.708 bits per heavy atom. The Kier molecular flexibility index (Phi) is 3.63. The smallest absolute Gasteiger partial charge is 0.335 e. The van der Waals surface area contributed by atoms with Gasteiger partial charge in [0.15, 0.2) is 0 Å². The molecule has 0 saturated heterocycles. The van der Waals surface area contributed by atoms with Crippen molar-refractivity contribution in [1.82, 2.24) is 0 Å². The topological polar surface area (TPSA) is 52.6 Å². The van der Waals surface area contributed by atoms with Crippen LogP contribution in [0.3, 0.4) is 0 Å². The molecule has 24 heavy (non-hydrogen) atoms. The first kappa shape index (κ1) is 15.9. The first-order chi connectivity index (χ1) is 11.6. The molecule has 4 aliphatic carbocycles. The van der Waals surface area contributed by atoms with Crippen LogP contribution in [-0.4, -0.2) is 26.2 Å². The molecule has 4 aliphatic rings. The largest absolute Gasteiger partial charge is 0.466 e. The molecule has 0 aromatic heterocycles. The second-order valence-electron chi connectivity index (χ2n) is 7.62. The molecular formula is C20H26O4.